The van der Waals surface area contributed by atoms with Gasteiger partial charge in [0.15, 0.2) is 0 Å². The van der Waals surface area contributed by atoms with E-state index in [1.165, 1.54) is 5.56 Å². The molecule has 1 aliphatic heterocycles. The molecule has 0 bridgehead atoms. The van der Waals surface area contributed by atoms with Gasteiger partial charge in [0.2, 0.25) is 5.95 Å². The molecule has 0 amide bonds. The maximum atomic E-state index is 5.71. The van der Waals surface area contributed by atoms with E-state index < -0.39 is 0 Å². The summed E-state index contributed by atoms with van der Waals surface area (Å²) in [7, 11) is 0. The Kier molecular flexibility index (Phi) is 4.97. The first-order valence-corrected chi connectivity index (χ1v) is 9.30. The van der Waals surface area contributed by atoms with Gasteiger partial charge in [0, 0.05) is 24.2 Å². The standard InChI is InChI=1S/C21H24N4O/c1-2-15-9-11-16(12-10-15)23-21-24-19-8-4-3-7-18(19)20(25-21)22-14-17-6-5-13-26-17/h3-4,7-12,17H,2,5-6,13-14H2,1H3,(H2,22,23,24,25). The number of hydrogen-bond donors (Lipinski definition) is 2. The van der Waals surface area contributed by atoms with E-state index in [1.54, 1.807) is 0 Å². The fraction of sp³-hybridized carbons (Fsp3) is 0.333. The molecule has 0 radical (unpaired) electrons. The highest BCUT2D eigenvalue weighted by Crippen LogP contribution is 2.24. The van der Waals surface area contributed by atoms with Crippen molar-refractivity contribution >= 4 is 28.4 Å². The molecule has 5 heteroatoms. The molecule has 0 aliphatic carbocycles. The number of aryl methyl sites for hydroxylation is 1. The van der Waals surface area contributed by atoms with Gasteiger partial charge < -0.3 is 15.4 Å². The molecular weight excluding hydrogens is 324 g/mol. The zero-order chi connectivity index (χ0) is 17.8. The van der Waals surface area contributed by atoms with Crippen LogP contribution in [-0.2, 0) is 11.2 Å². The van der Waals surface area contributed by atoms with Gasteiger partial charge in [0.1, 0.15) is 5.82 Å². The number of hydrogen-bond acceptors (Lipinski definition) is 5. The number of ether oxygens (including phenoxy) is 1. The Bertz CT molecular complexity index is 873. The molecule has 0 spiro atoms. The van der Waals surface area contributed by atoms with Crippen molar-refractivity contribution in [1.29, 1.82) is 0 Å². The Hall–Kier alpha value is -2.66. The summed E-state index contributed by atoms with van der Waals surface area (Å²) >= 11 is 0. The smallest absolute Gasteiger partial charge is 0.229 e. The largest absolute Gasteiger partial charge is 0.376 e. The minimum atomic E-state index is 0.265. The molecule has 1 saturated heterocycles. The lowest BCUT2D eigenvalue weighted by Crippen LogP contribution is -2.19. The van der Waals surface area contributed by atoms with Crippen LogP contribution < -0.4 is 10.6 Å². The maximum Gasteiger partial charge on any atom is 0.229 e. The quantitative estimate of drug-likeness (QED) is 0.685. The van der Waals surface area contributed by atoms with Crippen LogP contribution in [0.5, 0.6) is 0 Å². The van der Waals surface area contributed by atoms with Crippen LogP contribution in [0.15, 0.2) is 48.5 Å². The summed E-state index contributed by atoms with van der Waals surface area (Å²) in [6.45, 7) is 3.78. The van der Waals surface area contributed by atoms with Crippen molar-refractivity contribution in [2.24, 2.45) is 0 Å². The molecule has 2 N–H and O–H groups in total. The second-order valence-corrected chi connectivity index (χ2v) is 6.60. The average Bonchev–Trinajstić information content (AvgIpc) is 3.20. The first kappa shape index (κ1) is 16.8. The molecule has 2 heterocycles. The number of nitrogens with zero attached hydrogens (tertiary/aromatic N) is 2. The molecule has 1 aliphatic rings. The molecular formula is C21H24N4O. The number of para-hydroxylation sites is 1. The fourth-order valence-corrected chi connectivity index (χ4v) is 3.24. The van der Waals surface area contributed by atoms with Crippen LogP contribution >= 0.6 is 0 Å². The monoisotopic (exact) mass is 348 g/mol. The predicted molar refractivity (Wildman–Crippen MR) is 106 cm³/mol. The maximum absolute atomic E-state index is 5.71. The molecule has 4 rings (SSSR count). The Morgan fingerprint density at radius 1 is 1.08 bits per heavy atom. The Labute approximate surface area is 153 Å². The number of rotatable bonds is 6. The topological polar surface area (TPSA) is 59.1 Å². The van der Waals surface area contributed by atoms with Crippen molar-refractivity contribution < 1.29 is 4.74 Å². The van der Waals surface area contributed by atoms with Crippen LogP contribution in [0.3, 0.4) is 0 Å². The molecule has 2 aromatic carbocycles. The second-order valence-electron chi connectivity index (χ2n) is 6.60. The molecule has 1 aromatic heterocycles. The average molecular weight is 348 g/mol. The van der Waals surface area contributed by atoms with Gasteiger partial charge in [-0.25, -0.2) is 4.98 Å². The third-order valence-corrected chi connectivity index (χ3v) is 4.74. The summed E-state index contributed by atoms with van der Waals surface area (Å²) in [6, 6.07) is 16.5. The Morgan fingerprint density at radius 2 is 1.92 bits per heavy atom. The zero-order valence-corrected chi connectivity index (χ0v) is 15.0. The van der Waals surface area contributed by atoms with E-state index in [4.69, 9.17) is 9.72 Å². The molecule has 3 aromatic rings. The minimum Gasteiger partial charge on any atom is -0.376 e. The van der Waals surface area contributed by atoms with E-state index in [2.05, 4.69) is 46.8 Å². The first-order chi connectivity index (χ1) is 12.8. The summed E-state index contributed by atoms with van der Waals surface area (Å²) in [5, 5.41) is 7.81. The van der Waals surface area contributed by atoms with E-state index in [1.807, 2.05) is 24.3 Å². The Morgan fingerprint density at radius 3 is 2.69 bits per heavy atom. The third-order valence-electron chi connectivity index (χ3n) is 4.74. The van der Waals surface area contributed by atoms with Gasteiger partial charge in [-0.3, -0.25) is 0 Å². The Balaban J connectivity index is 1.59. The number of aromatic nitrogens is 2. The molecule has 134 valence electrons. The van der Waals surface area contributed by atoms with Gasteiger partial charge in [-0.15, -0.1) is 0 Å². The molecule has 1 fully saturated rings. The summed E-state index contributed by atoms with van der Waals surface area (Å²) in [5.41, 5.74) is 3.22. The molecule has 5 nitrogen and oxygen atoms in total. The summed E-state index contributed by atoms with van der Waals surface area (Å²) < 4.78 is 5.71. The van der Waals surface area contributed by atoms with Gasteiger partial charge in [0.25, 0.3) is 0 Å². The van der Waals surface area contributed by atoms with Crippen LogP contribution in [0.1, 0.15) is 25.3 Å². The van der Waals surface area contributed by atoms with Gasteiger partial charge >= 0.3 is 0 Å². The van der Waals surface area contributed by atoms with Gasteiger partial charge in [-0.05, 0) is 49.1 Å². The lowest BCUT2D eigenvalue weighted by atomic mass is 10.1. The van der Waals surface area contributed by atoms with Crippen molar-refractivity contribution in [3.63, 3.8) is 0 Å². The summed E-state index contributed by atoms with van der Waals surface area (Å²) in [4.78, 5) is 9.37. The van der Waals surface area contributed by atoms with E-state index in [9.17, 15) is 0 Å². The molecule has 0 saturated carbocycles. The SMILES string of the molecule is CCc1ccc(Nc2nc(NCC3CCCO3)c3ccccc3n2)cc1. The van der Waals surface area contributed by atoms with Crippen molar-refractivity contribution in [1.82, 2.24) is 9.97 Å². The van der Waals surface area contributed by atoms with E-state index in [0.29, 0.717) is 5.95 Å². The first-order valence-electron chi connectivity index (χ1n) is 9.30. The van der Waals surface area contributed by atoms with Gasteiger partial charge in [-0.2, -0.15) is 4.98 Å². The lowest BCUT2D eigenvalue weighted by molar-refractivity contribution is 0.120. The fourth-order valence-electron chi connectivity index (χ4n) is 3.24. The number of fused-ring (bicyclic) bond motifs is 1. The third kappa shape index (κ3) is 3.78. The normalized spacial score (nSPS) is 16.7. The highest BCUT2D eigenvalue weighted by molar-refractivity contribution is 5.90. The van der Waals surface area contributed by atoms with Gasteiger partial charge in [0.05, 0.1) is 11.6 Å². The zero-order valence-electron chi connectivity index (χ0n) is 15.0. The number of nitrogens with one attached hydrogen (secondary N) is 2. The van der Waals surface area contributed by atoms with Crippen molar-refractivity contribution in [3.8, 4) is 0 Å². The lowest BCUT2D eigenvalue weighted by Gasteiger charge is -2.14. The van der Waals surface area contributed by atoms with Crippen molar-refractivity contribution in [2.75, 3.05) is 23.8 Å². The summed E-state index contributed by atoms with van der Waals surface area (Å²) in [6.07, 6.45) is 3.54. The molecule has 26 heavy (non-hydrogen) atoms. The minimum absolute atomic E-state index is 0.265. The number of benzene rings is 2. The van der Waals surface area contributed by atoms with Crippen LogP contribution in [0, 0.1) is 0 Å². The van der Waals surface area contributed by atoms with Crippen LogP contribution in [0.2, 0.25) is 0 Å². The highest BCUT2D eigenvalue weighted by atomic mass is 16.5. The van der Waals surface area contributed by atoms with E-state index in [-0.39, 0.29) is 6.10 Å². The van der Waals surface area contributed by atoms with Crippen LogP contribution in [-0.4, -0.2) is 29.2 Å². The van der Waals surface area contributed by atoms with E-state index in [0.717, 1.165) is 54.8 Å². The molecule has 1 unspecified atom stereocenters. The van der Waals surface area contributed by atoms with Gasteiger partial charge in [-0.1, -0.05) is 31.2 Å². The number of anilines is 3. The van der Waals surface area contributed by atoms with Crippen molar-refractivity contribution in [2.45, 2.75) is 32.3 Å². The second kappa shape index (κ2) is 7.70. The van der Waals surface area contributed by atoms with E-state index >= 15 is 0 Å². The summed E-state index contributed by atoms with van der Waals surface area (Å²) in [5.74, 6) is 1.45. The predicted octanol–water partition coefficient (Wildman–Crippen LogP) is 4.53. The van der Waals surface area contributed by atoms with Crippen LogP contribution in [0.4, 0.5) is 17.5 Å². The van der Waals surface area contributed by atoms with Crippen molar-refractivity contribution in [3.05, 3.63) is 54.1 Å². The van der Waals surface area contributed by atoms with Crippen LogP contribution in [0.25, 0.3) is 10.9 Å². The highest BCUT2D eigenvalue weighted by Gasteiger charge is 2.16. The molecule has 1 atom stereocenters.